The molecule has 70 valence electrons. The number of carboxylic acid groups (broad SMARTS) is 1. The highest BCUT2D eigenvalue weighted by Crippen LogP contribution is 2.16. The van der Waals surface area contributed by atoms with Crippen LogP contribution in [-0.4, -0.2) is 16.8 Å². The van der Waals surface area contributed by atoms with Crippen LogP contribution in [0.1, 0.15) is 5.56 Å². The summed E-state index contributed by atoms with van der Waals surface area (Å²) in [4.78, 5) is 10.2. The number of carboxylic acids is 1. The van der Waals surface area contributed by atoms with E-state index in [0.29, 0.717) is 10.8 Å². The minimum atomic E-state index is -0.785. The van der Waals surface area contributed by atoms with Crippen molar-refractivity contribution in [2.75, 3.05) is 5.75 Å². The van der Waals surface area contributed by atoms with Gasteiger partial charge in [-0.3, -0.25) is 4.79 Å². The van der Waals surface area contributed by atoms with Crippen LogP contribution in [0.3, 0.4) is 0 Å². The summed E-state index contributed by atoms with van der Waals surface area (Å²) >= 11 is 7.13. The Morgan fingerprint density at radius 1 is 1.54 bits per heavy atom. The number of hydrogen-bond acceptors (Lipinski definition) is 2. The monoisotopic (exact) mass is 216 g/mol. The topological polar surface area (TPSA) is 37.3 Å². The number of thioether (sulfide) groups is 1. The maximum atomic E-state index is 10.2. The third kappa shape index (κ3) is 4.20. The van der Waals surface area contributed by atoms with Crippen LogP contribution in [0, 0.1) is 0 Å². The van der Waals surface area contributed by atoms with Gasteiger partial charge in [-0.25, -0.2) is 0 Å². The molecule has 1 aromatic rings. The van der Waals surface area contributed by atoms with Gasteiger partial charge < -0.3 is 5.11 Å². The lowest BCUT2D eigenvalue weighted by molar-refractivity contribution is -0.133. The van der Waals surface area contributed by atoms with Gasteiger partial charge >= 0.3 is 5.97 Å². The van der Waals surface area contributed by atoms with Crippen molar-refractivity contribution in [2.45, 2.75) is 5.75 Å². The summed E-state index contributed by atoms with van der Waals surface area (Å²) in [5.74, 6) is 0.0337. The lowest BCUT2D eigenvalue weighted by atomic mass is 10.2. The lowest BCUT2D eigenvalue weighted by Crippen LogP contribution is -1.97. The standard InChI is InChI=1S/C9H9ClO2S/c10-8-3-1-2-7(4-8)5-13-6-9(11)12/h1-4H,5-6H2,(H,11,12). The number of hydrogen-bond donors (Lipinski definition) is 1. The maximum absolute atomic E-state index is 10.2. The molecule has 0 radical (unpaired) electrons. The highest BCUT2D eigenvalue weighted by molar-refractivity contribution is 7.99. The normalized spacial score (nSPS) is 9.92. The summed E-state index contributed by atoms with van der Waals surface area (Å²) in [5.41, 5.74) is 1.05. The highest BCUT2D eigenvalue weighted by Gasteiger charge is 1.98. The smallest absolute Gasteiger partial charge is 0.313 e. The molecule has 0 bridgehead atoms. The van der Waals surface area contributed by atoms with Crippen LogP contribution in [0.25, 0.3) is 0 Å². The molecule has 1 rings (SSSR count). The second kappa shape index (κ2) is 5.14. The van der Waals surface area contributed by atoms with Crippen molar-refractivity contribution in [1.82, 2.24) is 0 Å². The van der Waals surface area contributed by atoms with Gasteiger partial charge in [0.25, 0.3) is 0 Å². The van der Waals surface area contributed by atoms with E-state index in [1.165, 1.54) is 11.8 Å². The van der Waals surface area contributed by atoms with E-state index < -0.39 is 5.97 Å². The molecule has 0 unspecified atom stereocenters. The summed E-state index contributed by atoms with van der Waals surface area (Å²) in [7, 11) is 0. The van der Waals surface area contributed by atoms with Crippen LogP contribution in [0.4, 0.5) is 0 Å². The van der Waals surface area contributed by atoms with Crippen LogP contribution in [0.15, 0.2) is 24.3 Å². The number of halogens is 1. The van der Waals surface area contributed by atoms with Gasteiger partial charge in [-0.1, -0.05) is 23.7 Å². The number of carbonyl (C=O) groups is 1. The molecule has 0 amide bonds. The van der Waals surface area contributed by atoms with Gasteiger partial charge in [0.1, 0.15) is 0 Å². The molecule has 0 aliphatic heterocycles. The van der Waals surface area contributed by atoms with Crippen LogP contribution >= 0.6 is 23.4 Å². The SMILES string of the molecule is O=C(O)CSCc1cccc(Cl)c1. The summed E-state index contributed by atoms with van der Waals surface area (Å²) in [6, 6.07) is 7.43. The van der Waals surface area contributed by atoms with Gasteiger partial charge in [0.2, 0.25) is 0 Å². The highest BCUT2D eigenvalue weighted by atomic mass is 35.5. The zero-order chi connectivity index (χ0) is 9.68. The molecule has 4 heteroatoms. The van der Waals surface area contributed by atoms with E-state index in [-0.39, 0.29) is 5.75 Å². The van der Waals surface area contributed by atoms with E-state index in [2.05, 4.69) is 0 Å². The van der Waals surface area contributed by atoms with Crippen molar-refractivity contribution in [3.05, 3.63) is 34.9 Å². The largest absolute Gasteiger partial charge is 0.481 e. The Bertz CT molecular complexity index is 301. The zero-order valence-corrected chi connectivity index (χ0v) is 8.44. The van der Waals surface area contributed by atoms with Crippen molar-refractivity contribution in [1.29, 1.82) is 0 Å². The molecule has 0 spiro atoms. The first-order valence-electron chi connectivity index (χ1n) is 3.72. The van der Waals surface area contributed by atoms with Crippen LogP contribution < -0.4 is 0 Å². The maximum Gasteiger partial charge on any atom is 0.313 e. The van der Waals surface area contributed by atoms with Gasteiger partial charge in [0, 0.05) is 10.8 Å². The molecule has 0 atom stereocenters. The molecule has 1 N–H and O–H groups in total. The van der Waals surface area contributed by atoms with Crippen LogP contribution in [0.2, 0.25) is 5.02 Å². The molecule has 0 saturated carbocycles. The van der Waals surface area contributed by atoms with E-state index in [1.54, 1.807) is 6.07 Å². The Morgan fingerprint density at radius 2 is 2.31 bits per heavy atom. The van der Waals surface area contributed by atoms with Crippen LogP contribution in [0.5, 0.6) is 0 Å². The van der Waals surface area contributed by atoms with E-state index >= 15 is 0 Å². The molecule has 0 fully saturated rings. The Kier molecular flexibility index (Phi) is 4.12. The van der Waals surface area contributed by atoms with Gasteiger partial charge in [-0.2, -0.15) is 0 Å². The minimum absolute atomic E-state index is 0.131. The zero-order valence-electron chi connectivity index (χ0n) is 6.87. The summed E-state index contributed by atoms with van der Waals surface area (Å²) in [6.45, 7) is 0. The molecular weight excluding hydrogens is 208 g/mol. The van der Waals surface area contributed by atoms with E-state index in [1.807, 2.05) is 18.2 Å². The first-order chi connectivity index (χ1) is 6.18. The van der Waals surface area contributed by atoms with Gasteiger partial charge in [0.05, 0.1) is 5.75 Å². The number of rotatable bonds is 4. The third-order valence-corrected chi connectivity index (χ3v) is 2.61. The first-order valence-corrected chi connectivity index (χ1v) is 5.26. The van der Waals surface area contributed by atoms with Crippen molar-refractivity contribution in [3.63, 3.8) is 0 Å². The predicted octanol–water partition coefficient (Wildman–Crippen LogP) is 2.66. The quantitative estimate of drug-likeness (QED) is 0.841. The Hall–Kier alpha value is -0.670. The van der Waals surface area contributed by atoms with Crippen LogP contribution in [-0.2, 0) is 10.5 Å². The Morgan fingerprint density at radius 3 is 2.92 bits per heavy atom. The number of aliphatic carboxylic acids is 1. The van der Waals surface area contributed by atoms with Gasteiger partial charge in [0.15, 0.2) is 0 Å². The first kappa shape index (κ1) is 10.4. The molecule has 0 saturated heterocycles. The fourth-order valence-electron chi connectivity index (χ4n) is 0.883. The predicted molar refractivity (Wildman–Crippen MR) is 55.2 cm³/mol. The van der Waals surface area contributed by atoms with Crippen molar-refractivity contribution in [3.8, 4) is 0 Å². The molecule has 0 aliphatic rings. The van der Waals surface area contributed by atoms with E-state index in [9.17, 15) is 4.79 Å². The molecule has 13 heavy (non-hydrogen) atoms. The Balaban J connectivity index is 2.41. The fraction of sp³-hybridized carbons (Fsp3) is 0.222. The molecule has 0 heterocycles. The average Bonchev–Trinajstić information content (AvgIpc) is 2.03. The summed E-state index contributed by atoms with van der Waals surface area (Å²) < 4.78 is 0. The van der Waals surface area contributed by atoms with Gasteiger partial charge in [-0.05, 0) is 17.7 Å². The summed E-state index contributed by atoms with van der Waals surface area (Å²) in [5, 5.41) is 9.09. The van der Waals surface area contributed by atoms with Crippen molar-refractivity contribution in [2.24, 2.45) is 0 Å². The summed E-state index contributed by atoms with van der Waals surface area (Å²) in [6.07, 6.45) is 0. The molecule has 0 aliphatic carbocycles. The molecule has 2 nitrogen and oxygen atoms in total. The second-order valence-corrected chi connectivity index (χ2v) is 3.94. The molecular formula is C9H9ClO2S. The van der Waals surface area contributed by atoms with Crippen molar-refractivity contribution < 1.29 is 9.90 Å². The minimum Gasteiger partial charge on any atom is -0.481 e. The fourth-order valence-corrected chi connectivity index (χ4v) is 1.79. The molecule has 1 aromatic carbocycles. The molecule has 0 aromatic heterocycles. The average molecular weight is 217 g/mol. The third-order valence-electron chi connectivity index (χ3n) is 1.38. The lowest BCUT2D eigenvalue weighted by Gasteiger charge is -1.99. The van der Waals surface area contributed by atoms with Gasteiger partial charge in [-0.15, -0.1) is 11.8 Å². The van der Waals surface area contributed by atoms with E-state index in [4.69, 9.17) is 16.7 Å². The van der Waals surface area contributed by atoms with Crippen molar-refractivity contribution >= 4 is 29.3 Å². The number of benzene rings is 1. The van der Waals surface area contributed by atoms with E-state index in [0.717, 1.165) is 5.56 Å². The Labute approximate surface area is 85.9 Å². The second-order valence-electron chi connectivity index (χ2n) is 2.52.